The van der Waals surface area contributed by atoms with Crippen LogP contribution in [0, 0.1) is 6.92 Å². The monoisotopic (exact) mass is 147 g/mol. The Morgan fingerprint density at radius 2 is 2.27 bits per heavy atom. The largest absolute Gasteiger partial charge is 0.348 e. The first-order valence-corrected chi connectivity index (χ1v) is 3.50. The molecular formula is C8H9N3. The van der Waals surface area contributed by atoms with Crippen LogP contribution in [0.3, 0.4) is 0 Å². The maximum absolute atomic E-state index is 4.17. The molecule has 0 saturated carbocycles. The lowest BCUT2D eigenvalue weighted by Crippen LogP contribution is -1.85. The Balaban J connectivity index is 2.95. The minimum atomic E-state index is 1.04. The summed E-state index contributed by atoms with van der Waals surface area (Å²) in [5.74, 6) is 0. The zero-order chi connectivity index (χ0) is 7.84. The molecule has 3 nitrogen and oxygen atoms in total. The maximum atomic E-state index is 4.17. The van der Waals surface area contributed by atoms with E-state index in [2.05, 4.69) is 23.1 Å². The Bertz CT molecular complexity index is 353. The van der Waals surface area contributed by atoms with Crippen LogP contribution in [0.15, 0.2) is 18.7 Å². The van der Waals surface area contributed by atoms with Crippen LogP contribution < -0.4 is 0 Å². The van der Waals surface area contributed by atoms with Gasteiger partial charge in [-0.3, -0.25) is 0 Å². The molecule has 0 aromatic carbocycles. The Morgan fingerprint density at radius 1 is 1.45 bits per heavy atom. The number of nitrogens with zero attached hydrogens (tertiary/aromatic N) is 3. The molecule has 2 heterocycles. The zero-order valence-corrected chi connectivity index (χ0v) is 6.57. The second-order valence-corrected chi connectivity index (χ2v) is 2.68. The van der Waals surface area contributed by atoms with Crippen molar-refractivity contribution < 1.29 is 0 Å². The highest BCUT2D eigenvalue weighted by Crippen LogP contribution is 2.14. The van der Waals surface area contributed by atoms with Gasteiger partial charge in [0.2, 0.25) is 0 Å². The molecule has 11 heavy (non-hydrogen) atoms. The van der Waals surface area contributed by atoms with E-state index in [0.717, 1.165) is 11.0 Å². The molecule has 0 N–H and O–H groups in total. The van der Waals surface area contributed by atoms with Crippen molar-refractivity contribution in [2.24, 2.45) is 7.05 Å². The van der Waals surface area contributed by atoms with Gasteiger partial charge in [0, 0.05) is 13.2 Å². The molecule has 0 radical (unpaired) electrons. The third-order valence-corrected chi connectivity index (χ3v) is 1.83. The minimum Gasteiger partial charge on any atom is -0.348 e. The topological polar surface area (TPSA) is 30.7 Å². The Kier molecular flexibility index (Phi) is 1.18. The molecule has 3 heteroatoms. The summed E-state index contributed by atoms with van der Waals surface area (Å²) in [6.07, 6.45) is 5.46. The molecule has 56 valence electrons. The van der Waals surface area contributed by atoms with Gasteiger partial charge in [0.05, 0.1) is 17.2 Å². The van der Waals surface area contributed by atoms with Gasteiger partial charge in [0.1, 0.15) is 6.33 Å². The third kappa shape index (κ3) is 0.808. The summed E-state index contributed by atoms with van der Waals surface area (Å²) < 4.78 is 2.03. The average Bonchev–Trinajstić information content (AvgIpc) is 2.30. The van der Waals surface area contributed by atoms with E-state index in [1.54, 1.807) is 6.33 Å². The van der Waals surface area contributed by atoms with Crippen molar-refractivity contribution in [3.63, 3.8) is 0 Å². The highest BCUT2D eigenvalue weighted by molar-refractivity contribution is 5.78. The summed E-state index contributed by atoms with van der Waals surface area (Å²) in [5.41, 5.74) is 3.33. The summed E-state index contributed by atoms with van der Waals surface area (Å²) in [7, 11) is 2.00. The highest BCUT2D eigenvalue weighted by Gasteiger charge is 2.01. The number of fused-ring (bicyclic) bond motifs is 1. The molecular weight excluding hydrogens is 138 g/mol. The first-order chi connectivity index (χ1) is 5.29. The molecule has 0 atom stereocenters. The van der Waals surface area contributed by atoms with E-state index >= 15 is 0 Å². The van der Waals surface area contributed by atoms with Gasteiger partial charge in [-0.05, 0) is 12.5 Å². The van der Waals surface area contributed by atoms with Gasteiger partial charge in [-0.25, -0.2) is 9.97 Å². The van der Waals surface area contributed by atoms with Crippen LogP contribution in [-0.2, 0) is 7.05 Å². The lowest BCUT2D eigenvalue weighted by molar-refractivity contribution is 0.958. The van der Waals surface area contributed by atoms with E-state index in [0.29, 0.717) is 0 Å². The molecule has 0 spiro atoms. The third-order valence-electron chi connectivity index (χ3n) is 1.83. The quantitative estimate of drug-likeness (QED) is 0.562. The summed E-state index contributed by atoms with van der Waals surface area (Å²) in [4.78, 5) is 8.12. The van der Waals surface area contributed by atoms with Gasteiger partial charge < -0.3 is 4.57 Å². The Hall–Kier alpha value is -1.38. The van der Waals surface area contributed by atoms with Crippen molar-refractivity contribution in [3.8, 4) is 0 Å². The number of rotatable bonds is 0. The predicted molar refractivity (Wildman–Crippen MR) is 43.2 cm³/mol. The second kappa shape index (κ2) is 2.05. The number of aromatic nitrogens is 3. The van der Waals surface area contributed by atoms with Crippen LogP contribution in [0.25, 0.3) is 11.0 Å². The molecule has 2 aromatic rings. The van der Waals surface area contributed by atoms with Crippen LogP contribution in [-0.4, -0.2) is 14.5 Å². The SMILES string of the molecule is Cc1cn(C)c2cncnc12. The van der Waals surface area contributed by atoms with Crippen LogP contribution in [0.5, 0.6) is 0 Å². The molecule has 0 unspecified atom stereocenters. The van der Waals surface area contributed by atoms with E-state index in [1.807, 2.05) is 17.8 Å². The lowest BCUT2D eigenvalue weighted by Gasteiger charge is -1.91. The van der Waals surface area contributed by atoms with E-state index in [9.17, 15) is 0 Å². The van der Waals surface area contributed by atoms with Gasteiger partial charge >= 0.3 is 0 Å². The van der Waals surface area contributed by atoms with Gasteiger partial charge in [-0.1, -0.05) is 0 Å². The average molecular weight is 147 g/mol. The van der Waals surface area contributed by atoms with Gasteiger partial charge in [0.15, 0.2) is 0 Å². The van der Waals surface area contributed by atoms with Crippen LogP contribution in [0.1, 0.15) is 5.56 Å². The van der Waals surface area contributed by atoms with E-state index in [-0.39, 0.29) is 0 Å². The molecule has 0 aliphatic rings. The van der Waals surface area contributed by atoms with Crippen molar-refractivity contribution in [1.82, 2.24) is 14.5 Å². The molecule has 2 aromatic heterocycles. The van der Waals surface area contributed by atoms with Crippen molar-refractivity contribution in [1.29, 1.82) is 0 Å². The first-order valence-electron chi connectivity index (χ1n) is 3.50. The van der Waals surface area contributed by atoms with E-state index in [1.165, 1.54) is 5.56 Å². The van der Waals surface area contributed by atoms with Gasteiger partial charge in [-0.2, -0.15) is 0 Å². The fourth-order valence-electron chi connectivity index (χ4n) is 1.31. The second-order valence-electron chi connectivity index (χ2n) is 2.68. The molecule has 0 saturated heterocycles. The zero-order valence-electron chi connectivity index (χ0n) is 6.57. The molecule has 0 aliphatic carbocycles. The van der Waals surface area contributed by atoms with Gasteiger partial charge in [0.25, 0.3) is 0 Å². The normalized spacial score (nSPS) is 10.7. The van der Waals surface area contributed by atoms with Crippen molar-refractivity contribution >= 4 is 11.0 Å². The summed E-state index contributed by atoms with van der Waals surface area (Å²) in [6, 6.07) is 0. The van der Waals surface area contributed by atoms with Crippen molar-refractivity contribution in [3.05, 3.63) is 24.3 Å². The number of hydrogen-bond acceptors (Lipinski definition) is 2. The van der Waals surface area contributed by atoms with E-state index in [4.69, 9.17) is 0 Å². The van der Waals surface area contributed by atoms with E-state index < -0.39 is 0 Å². The van der Waals surface area contributed by atoms with Gasteiger partial charge in [-0.15, -0.1) is 0 Å². The van der Waals surface area contributed by atoms with Crippen LogP contribution in [0.2, 0.25) is 0 Å². The summed E-state index contributed by atoms with van der Waals surface area (Å²) in [5, 5.41) is 0. The van der Waals surface area contributed by atoms with Crippen LogP contribution >= 0.6 is 0 Å². The molecule has 0 fully saturated rings. The predicted octanol–water partition coefficient (Wildman–Crippen LogP) is 1.28. The molecule has 0 amide bonds. The molecule has 0 bridgehead atoms. The fourth-order valence-corrected chi connectivity index (χ4v) is 1.31. The number of hydrogen-bond donors (Lipinski definition) is 0. The Morgan fingerprint density at radius 3 is 3.00 bits per heavy atom. The van der Waals surface area contributed by atoms with Crippen molar-refractivity contribution in [2.75, 3.05) is 0 Å². The molecule has 2 rings (SSSR count). The van der Waals surface area contributed by atoms with Crippen molar-refractivity contribution in [2.45, 2.75) is 6.92 Å². The fraction of sp³-hybridized carbons (Fsp3) is 0.250. The first kappa shape index (κ1) is 6.34. The molecule has 0 aliphatic heterocycles. The lowest BCUT2D eigenvalue weighted by atomic mass is 10.3. The minimum absolute atomic E-state index is 1.04. The summed E-state index contributed by atoms with van der Waals surface area (Å²) in [6.45, 7) is 2.05. The smallest absolute Gasteiger partial charge is 0.116 e. The van der Waals surface area contributed by atoms with Crippen LogP contribution in [0.4, 0.5) is 0 Å². The summed E-state index contributed by atoms with van der Waals surface area (Å²) >= 11 is 0. The highest BCUT2D eigenvalue weighted by atomic mass is 15.0. The maximum Gasteiger partial charge on any atom is 0.116 e. The number of aryl methyl sites for hydroxylation is 2. The standard InChI is InChI=1S/C8H9N3/c1-6-4-11(2)7-3-9-5-10-8(6)7/h3-5H,1-2H3. The Labute approximate surface area is 64.7 Å².